The third-order valence-corrected chi connectivity index (χ3v) is 3.08. The van der Waals surface area contributed by atoms with Crippen LogP contribution in [0.1, 0.15) is 21.6 Å². The summed E-state index contributed by atoms with van der Waals surface area (Å²) in [5, 5.41) is 16.3. The van der Waals surface area contributed by atoms with Crippen molar-refractivity contribution in [2.75, 3.05) is 11.9 Å². The van der Waals surface area contributed by atoms with Crippen LogP contribution in [0, 0.1) is 12.7 Å². The first-order chi connectivity index (χ1) is 9.50. The summed E-state index contributed by atoms with van der Waals surface area (Å²) in [4.78, 5) is 11.2. The molecule has 2 aromatic rings. The van der Waals surface area contributed by atoms with Gasteiger partial charge in [-0.05, 0) is 25.0 Å². The summed E-state index contributed by atoms with van der Waals surface area (Å²) >= 11 is 0. The Bertz CT molecular complexity index is 637. The van der Waals surface area contributed by atoms with Gasteiger partial charge in [0.1, 0.15) is 17.2 Å². The largest absolute Gasteiger partial charge is 0.477 e. The Labute approximate surface area is 116 Å². The van der Waals surface area contributed by atoms with E-state index in [1.807, 2.05) is 0 Å². The van der Waals surface area contributed by atoms with Crippen LogP contribution in [0.2, 0.25) is 0 Å². The molecule has 2 N–H and O–H groups in total. The van der Waals surface area contributed by atoms with Gasteiger partial charge >= 0.3 is 5.97 Å². The Balaban J connectivity index is 2.09. The molecule has 1 heterocycles. The number of halogens is 1. The van der Waals surface area contributed by atoms with Crippen molar-refractivity contribution in [3.63, 3.8) is 0 Å². The molecule has 0 atom stereocenters. The third-order valence-electron chi connectivity index (χ3n) is 3.08. The van der Waals surface area contributed by atoms with E-state index < -0.39 is 5.97 Å². The highest BCUT2D eigenvalue weighted by Gasteiger charge is 2.19. The van der Waals surface area contributed by atoms with Crippen molar-refractivity contribution in [1.82, 2.24) is 9.78 Å². The van der Waals surface area contributed by atoms with Crippen LogP contribution in [-0.4, -0.2) is 27.4 Å². The first kappa shape index (κ1) is 14.0. The molecule has 2 rings (SSSR count). The third kappa shape index (κ3) is 2.79. The minimum atomic E-state index is -1.02. The van der Waals surface area contributed by atoms with Gasteiger partial charge in [-0.1, -0.05) is 18.2 Å². The molecule has 0 aliphatic carbocycles. The van der Waals surface area contributed by atoms with E-state index >= 15 is 0 Å². The number of benzene rings is 1. The van der Waals surface area contributed by atoms with Crippen molar-refractivity contribution >= 4 is 11.8 Å². The van der Waals surface area contributed by atoms with Gasteiger partial charge in [0.15, 0.2) is 0 Å². The number of aromatic carboxylic acids is 1. The monoisotopic (exact) mass is 277 g/mol. The van der Waals surface area contributed by atoms with Crippen LogP contribution >= 0.6 is 0 Å². The van der Waals surface area contributed by atoms with Gasteiger partial charge in [-0.2, -0.15) is 5.10 Å². The van der Waals surface area contributed by atoms with Crippen molar-refractivity contribution in [2.45, 2.75) is 13.3 Å². The molecule has 0 saturated carbocycles. The van der Waals surface area contributed by atoms with Crippen LogP contribution in [0.5, 0.6) is 0 Å². The van der Waals surface area contributed by atoms with Gasteiger partial charge in [0.05, 0.1) is 5.69 Å². The fraction of sp³-hybridized carbons (Fsp3) is 0.286. The van der Waals surface area contributed by atoms with Crippen molar-refractivity contribution in [1.29, 1.82) is 0 Å². The van der Waals surface area contributed by atoms with Crippen LogP contribution in [-0.2, 0) is 13.5 Å². The van der Waals surface area contributed by atoms with Gasteiger partial charge < -0.3 is 10.4 Å². The second kappa shape index (κ2) is 5.73. The molecule has 0 saturated heterocycles. The zero-order valence-corrected chi connectivity index (χ0v) is 11.4. The maximum Gasteiger partial charge on any atom is 0.341 e. The van der Waals surface area contributed by atoms with Gasteiger partial charge in [-0.15, -0.1) is 0 Å². The van der Waals surface area contributed by atoms with Gasteiger partial charge in [-0.3, -0.25) is 4.68 Å². The lowest BCUT2D eigenvalue weighted by Gasteiger charge is -2.08. The molecule has 6 heteroatoms. The van der Waals surface area contributed by atoms with Gasteiger partial charge in [0, 0.05) is 13.6 Å². The van der Waals surface area contributed by atoms with E-state index in [1.54, 1.807) is 32.2 Å². The summed E-state index contributed by atoms with van der Waals surface area (Å²) in [6, 6.07) is 6.53. The van der Waals surface area contributed by atoms with E-state index in [2.05, 4.69) is 10.4 Å². The molecule has 0 fully saturated rings. The normalized spacial score (nSPS) is 10.6. The van der Waals surface area contributed by atoms with Gasteiger partial charge in [-0.25, -0.2) is 9.18 Å². The van der Waals surface area contributed by atoms with E-state index in [1.165, 1.54) is 10.7 Å². The molecule has 0 bridgehead atoms. The molecule has 0 unspecified atom stereocenters. The maximum absolute atomic E-state index is 13.5. The van der Waals surface area contributed by atoms with Crippen molar-refractivity contribution in [3.05, 3.63) is 46.9 Å². The molecule has 0 aliphatic heterocycles. The Morgan fingerprint density at radius 2 is 2.15 bits per heavy atom. The molecule has 0 radical (unpaired) electrons. The van der Waals surface area contributed by atoms with Crippen LogP contribution in [0.4, 0.5) is 10.2 Å². The minimum Gasteiger partial charge on any atom is -0.477 e. The summed E-state index contributed by atoms with van der Waals surface area (Å²) in [5.41, 5.74) is 1.20. The number of aromatic nitrogens is 2. The summed E-state index contributed by atoms with van der Waals surface area (Å²) in [7, 11) is 1.67. The number of aryl methyl sites for hydroxylation is 2. The predicted molar refractivity (Wildman–Crippen MR) is 73.5 cm³/mol. The van der Waals surface area contributed by atoms with Gasteiger partial charge in [0.2, 0.25) is 0 Å². The standard InChI is InChI=1S/C14H16FN3O2/c1-9-12(14(19)20)13(18(2)17-9)16-8-7-10-5-3-4-6-11(10)15/h3-6,16H,7-8H2,1-2H3,(H,19,20). The number of carboxylic acid groups (broad SMARTS) is 1. The molecule has 0 amide bonds. The summed E-state index contributed by atoms with van der Waals surface area (Å²) in [5.74, 6) is -0.843. The molecule has 0 aliphatic rings. The molecule has 20 heavy (non-hydrogen) atoms. The van der Waals surface area contributed by atoms with E-state index in [0.717, 1.165) is 0 Å². The van der Waals surface area contributed by atoms with Crippen LogP contribution in [0.15, 0.2) is 24.3 Å². The first-order valence-corrected chi connectivity index (χ1v) is 6.25. The molecular formula is C14H16FN3O2. The molecule has 0 spiro atoms. The quantitative estimate of drug-likeness (QED) is 0.879. The SMILES string of the molecule is Cc1nn(C)c(NCCc2ccccc2F)c1C(=O)O. The Kier molecular flexibility index (Phi) is 4.02. The van der Waals surface area contributed by atoms with Crippen LogP contribution in [0.3, 0.4) is 0 Å². The number of hydrogen-bond acceptors (Lipinski definition) is 3. The van der Waals surface area contributed by atoms with Crippen LogP contribution < -0.4 is 5.32 Å². The van der Waals surface area contributed by atoms with E-state index in [4.69, 9.17) is 5.11 Å². The molecule has 106 valence electrons. The Morgan fingerprint density at radius 1 is 1.45 bits per heavy atom. The van der Waals surface area contributed by atoms with E-state index in [0.29, 0.717) is 30.0 Å². The topological polar surface area (TPSA) is 67.2 Å². The first-order valence-electron chi connectivity index (χ1n) is 6.25. The molecular weight excluding hydrogens is 261 g/mol. The summed E-state index contributed by atoms with van der Waals surface area (Å²) in [6.45, 7) is 2.08. The highest BCUT2D eigenvalue weighted by atomic mass is 19.1. The smallest absolute Gasteiger partial charge is 0.341 e. The number of carbonyl (C=O) groups is 1. The molecule has 1 aromatic carbocycles. The fourth-order valence-electron chi connectivity index (χ4n) is 2.13. The highest BCUT2D eigenvalue weighted by molar-refractivity contribution is 5.94. The average molecular weight is 277 g/mol. The molecule has 1 aromatic heterocycles. The minimum absolute atomic E-state index is 0.154. The lowest BCUT2D eigenvalue weighted by atomic mass is 10.1. The second-order valence-electron chi connectivity index (χ2n) is 4.51. The number of rotatable bonds is 5. The van der Waals surface area contributed by atoms with Crippen molar-refractivity contribution < 1.29 is 14.3 Å². The lowest BCUT2D eigenvalue weighted by molar-refractivity contribution is 0.0697. The predicted octanol–water partition coefficient (Wildman–Crippen LogP) is 2.22. The van der Waals surface area contributed by atoms with E-state index in [-0.39, 0.29) is 11.4 Å². The summed E-state index contributed by atoms with van der Waals surface area (Å²) in [6.07, 6.45) is 0.468. The van der Waals surface area contributed by atoms with Crippen LogP contribution in [0.25, 0.3) is 0 Å². The number of hydrogen-bond donors (Lipinski definition) is 2. The number of nitrogens with zero attached hydrogens (tertiary/aromatic N) is 2. The maximum atomic E-state index is 13.5. The number of nitrogens with one attached hydrogen (secondary N) is 1. The number of anilines is 1. The fourth-order valence-corrected chi connectivity index (χ4v) is 2.13. The number of carboxylic acids is 1. The highest BCUT2D eigenvalue weighted by Crippen LogP contribution is 2.18. The average Bonchev–Trinajstić information content (AvgIpc) is 2.66. The van der Waals surface area contributed by atoms with Crippen molar-refractivity contribution in [3.8, 4) is 0 Å². The summed E-state index contributed by atoms with van der Waals surface area (Å²) < 4.78 is 15.0. The van der Waals surface area contributed by atoms with Crippen molar-refractivity contribution in [2.24, 2.45) is 7.05 Å². The zero-order valence-electron chi connectivity index (χ0n) is 11.4. The zero-order chi connectivity index (χ0) is 14.7. The van der Waals surface area contributed by atoms with E-state index in [9.17, 15) is 9.18 Å². The van der Waals surface area contributed by atoms with Gasteiger partial charge in [0.25, 0.3) is 0 Å². The second-order valence-corrected chi connectivity index (χ2v) is 4.51. The Morgan fingerprint density at radius 3 is 2.80 bits per heavy atom. The Hall–Kier alpha value is -2.37. The molecule has 5 nitrogen and oxygen atoms in total. The lowest BCUT2D eigenvalue weighted by Crippen LogP contribution is -2.12.